The van der Waals surface area contributed by atoms with Gasteiger partial charge in [-0.15, -0.1) is 0 Å². The maximum atomic E-state index is 12.4. The number of fused-ring (bicyclic) bond motifs is 1. The zero-order valence-corrected chi connectivity index (χ0v) is 18.0. The minimum atomic E-state index is -1.33. The third kappa shape index (κ3) is 3.80. The van der Waals surface area contributed by atoms with Crippen molar-refractivity contribution in [2.75, 3.05) is 14.2 Å². The summed E-state index contributed by atoms with van der Waals surface area (Å²) in [6, 6.07) is 11.9. The van der Waals surface area contributed by atoms with Crippen LogP contribution in [0.1, 0.15) is 28.3 Å². The first-order valence-electron chi connectivity index (χ1n) is 9.99. The second kappa shape index (κ2) is 8.40. The topological polar surface area (TPSA) is 156 Å². The predicted octanol–water partition coefficient (Wildman–Crippen LogP) is 1.77. The molecule has 4 rings (SSSR count). The van der Waals surface area contributed by atoms with E-state index in [1.807, 2.05) is 0 Å². The summed E-state index contributed by atoms with van der Waals surface area (Å²) in [4.78, 5) is 44.9. The van der Waals surface area contributed by atoms with Crippen molar-refractivity contribution < 1.29 is 28.7 Å². The predicted molar refractivity (Wildman–Crippen MR) is 117 cm³/mol. The van der Waals surface area contributed by atoms with Gasteiger partial charge in [0.25, 0.3) is 5.91 Å². The van der Waals surface area contributed by atoms with Crippen LogP contribution in [0.3, 0.4) is 0 Å². The van der Waals surface area contributed by atoms with Crippen LogP contribution in [0, 0.1) is 5.41 Å². The highest BCUT2D eigenvalue weighted by Gasteiger charge is 2.64. The second-order valence-corrected chi connectivity index (χ2v) is 7.64. The number of nitrogens with two attached hydrogens (primary N) is 2. The molecule has 0 bridgehead atoms. The van der Waals surface area contributed by atoms with E-state index in [0.29, 0.717) is 34.6 Å². The summed E-state index contributed by atoms with van der Waals surface area (Å²) >= 11 is 0. The van der Waals surface area contributed by atoms with Gasteiger partial charge in [0.1, 0.15) is 22.7 Å². The van der Waals surface area contributed by atoms with Gasteiger partial charge in [-0.1, -0.05) is 12.1 Å². The van der Waals surface area contributed by atoms with Crippen molar-refractivity contribution in [2.45, 2.75) is 12.3 Å². The van der Waals surface area contributed by atoms with Crippen LogP contribution in [0.15, 0.2) is 48.7 Å². The van der Waals surface area contributed by atoms with Crippen LogP contribution in [-0.2, 0) is 14.4 Å². The summed E-state index contributed by atoms with van der Waals surface area (Å²) in [6.07, 6.45) is 1.87. The fourth-order valence-corrected chi connectivity index (χ4v) is 3.96. The molecule has 0 saturated heterocycles. The van der Waals surface area contributed by atoms with Gasteiger partial charge in [-0.05, 0) is 36.2 Å². The number of hydrogen-bond acceptors (Lipinski definition) is 7. The Hall–Kier alpha value is -4.18. The molecule has 0 aliphatic heterocycles. The summed E-state index contributed by atoms with van der Waals surface area (Å²) in [5.41, 5.74) is 13.3. The lowest BCUT2D eigenvalue weighted by Gasteiger charge is -2.13. The number of aromatic nitrogens is 1. The van der Waals surface area contributed by atoms with Gasteiger partial charge in [0.2, 0.25) is 11.8 Å². The van der Waals surface area contributed by atoms with E-state index in [1.54, 1.807) is 48.7 Å². The third-order valence-electron chi connectivity index (χ3n) is 5.81. The number of carbonyl (C=O) groups is 3. The van der Waals surface area contributed by atoms with Crippen molar-refractivity contribution >= 4 is 28.6 Å². The molecule has 1 atom stereocenters. The SMILES string of the molecule is CONC(=O)c1cc2c(Oc3ccc(C4CC4(C(N)=O)C(N)=O)cc3)ccnc2cc1OC. The molecule has 1 heterocycles. The zero-order valence-electron chi connectivity index (χ0n) is 18.0. The Balaban J connectivity index is 1.63. The maximum absolute atomic E-state index is 12.4. The minimum Gasteiger partial charge on any atom is -0.496 e. The number of nitrogens with zero attached hydrogens (tertiary/aromatic N) is 1. The molecule has 33 heavy (non-hydrogen) atoms. The van der Waals surface area contributed by atoms with E-state index in [2.05, 4.69) is 10.5 Å². The van der Waals surface area contributed by atoms with Gasteiger partial charge in [0.05, 0.1) is 25.3 Å². The van der Waals surface area contributed by atoms with Crippen LogP contribution < -0.4 is 26.4 Å². The van der Waals surface area contributed by atoms with Crippen molar-refractivity contribution in [3.05, 3.63) is 59.8 Å². The molecule has 1 aliphatic carbocycles. The lowest BCUT2D eigenvalue weighted by molar-refractivity contribution is -0.133. The van der Waals surface area contributed by atoms with Gasteiger partial charge in [-0.2, -0.15) is 0 Å². The Morgan fingerprint density at radius 3 is 2.30 bits per heavy atom. The summed E-state index contributed by atoms with van der Waals surface area (Å²) in [7, 11) is 2.79. The van der Waals surface area contributed by atoms with Crippen LogP contribution in [0.5, 0.6) is 17.2 Å². The van der Waals surface area contributed by atoms with Gasteiger partial charge in [-0.25, -0.2) is 5.48 Å². The number of rotatable bonds is 8. The molecule has 1 aliphatic rings. The van der Waals surface area contributed by atoms with E-state index in [4.69, 9.17) is 25.8 Å². The number of hydrogen-bond donors (Lipinski definition) is 3. The first-order chi connectivity index (χ1) is 15.8. The standard InChI is InChI=1S/C23H22N4O6/c1-31-19-10-17-14(9-15(19)20(28)27-32-2)18(7-8-26-17)33-13-5-3-12(4-6-13)16-11-23(16,21(24)29)22(25)30/h3-10,16H,11H2,1-2H3,(H2,24,29)(H2,25,30)(H,27,28). The molecular formula is C23H22N4O6. The quantitative estimate of drug-likeness (QED) is 0.349. The molecule has 5 N–H and O–H groups in total. The van der Waals surface area contributed by atoms with Crippen molar-refractivity contribution in [2.24, 2.45) is 16.9 Å². The van der Waals surface area contributed by atoms with Crippen molar-refractivity contribution in [1.29, 1.82) is 0 Å². The van der Waals surface area contributed by atoms with Crippen molar-refractivity contribution in [1.82, 2.24) is 10.5 Å². The van der Waals surface area contributed by atoms with Crippen LogP contribution >= 0.6 is 0 Å². The van der Waals surface area contributed by atoms with Gasteiger partial charge in [-0.3, -0.25) is 24.2 Å². The van der Waals surface area contributed by atoms with Gasteiger partial charge in [0, 0.05) is 23.6 Å². The smallest absolute Gasteiger partial charge is 0.278 e. The van der Waals surface area contributed by atoms with Crippen LogP contribution in [0.2, 0.25) is 0 Å². The molecule has 1 unspecified atom stereocenters. The van der Waals surface area contributed by atoms with E-state index in [9.17, 15) is 14.4 Å². The Bertz CT molecular complexity index is 1240. The highest BCUT2D eigenvalue weighted by Crippen LogP contribution is 2.59. The maximum Gasteiger partial charge on any atom is 0.278 e. The van der Waals surface area contributed by atoms with Crippen LogP contribution in [-0.4, -0.2) is 36.9 Å². The van der Waals surface area contributed by atoms with Gasteiger partial charge < -0.3 is 20.9 Å². The van der Waals surface area contributed by atoms with E-state index < -0.39 is 23.1 Å². The summed E-state index contributed by atoms with van der Waals surface area (Å²) < 4.78 is 11.3. The summed E-state index contributed by atoms with van der Waals surface area (Å²) in [5, 5.41) is 0.590. The van der Waals surface area contributed by atoms with Gasteiger partial charge in [0.15, 0.2) is 0 Å². The molecule has 3 aromatic rings. The van der Waals surface area contributed by atoms with E-state index in [-0.39, 0.29) is 11.5 Å². The van der Waals surface area contributed by atoms with E-state index >= 15 is 0 Å². The van der Waals surface area contributed by atoms with Crippen molar-refractivity contribution in [3.63, 3.8) is 0 Å². The monoisotopic (exact) mass is 450 g/mol. The molecule has 1 fully saturated rings. The Morgan fingerprint density at radius 2 is 1.73 bits per heavy atom. The fourth-order valence-electron chi connectivity index (χ4n) is 3.96. The molecule has 0 radical (unpaired) electrons. The molecule has 10 nitrogen and oxygen atoms in total. The normalized spacial score (nSPS) is 16.1. The first kappa shape index (κ1) is 22.0. The third-order valence-corrected chi connectivity index (χ3v) is 5.81. The number of nitrogens with one attached hydrogen (secondary N) is 1. The number of carbonyl (C=O) groups excluding carboxylic acids is 3. The number of ether oxygens (including phenoxy) is 2. The highest BCUT2D eigenvalue weighted by molar-refractivity contribution is 6.08. The van der Waals surface area contributed by atoms with E-state index in [0.717, 1.165) is 5.56 Å². The number of methoxy groups -OCH3 is 1. The minimum absolute atomic E-state index is 0.253. The van der Waals surface area contributed by atoms with E-state index in [1.165, 1.54) is 14.2 Å². The Morgan fingerprint density at radius 1 is 1.03 bits per heavy atom. The molecule has 2 aromatic carbocycles. The van der Waals surface area contributed by atoms with Crippen LogP contribution in [0.25, 0.3) is 10.9 Å². The summed E-state index contributed by atoms with van der Waals surface area (Å²) in [6.45, 7) is 0. The molecule has 10 heteroatoms. The Kier molecular flexibility index (Phi) is 5.60. The second-order valence-electron chi connectivity index (χ2n) is 7.64. The Labute approximate surface area is 188 Å². The number of pyridine rings is 1. The fraction of sp³-hybridized carbons (Fsp3) is 0.217. The van der Waals surface area contributed by atoms with Gasteiger partial charge >= 0.3 is 0 Å². The first-order valence-corrected chi connectivity index (χ1v) is 9.99. The van der Waals surface area contributed by atoms with Crippen LogP contribution in [0.4, 0.5) is 0 Å². The lowest BCUT2D eigenvalue weighted by atomic mass is 9.97. The largest absolute Gasteiger partial charge is 0.496 e. The lowest BCUT2D eigenvalue weighted by Crippen LogP contribution is -2.38. The zero-order chi connectivity index (χ0) is 23.8. The molecule has 170 valence electrons. The highest BCUT2D eigenvalue weighted by atomic mass is 16.6. The molecule has 1 aromatic heterocycles. The average Bonchev–Trinajstić information content (AvgIpc) is 3.57. The molecule has 3 amide bonds. The molecular weight excluding hydrogens is 428 g/mol. The summed E-state index contributed by atoms with van der Waals surface area (Å²) in [5.74, 6) is -0.946. The molecule has 0 spiro atoms. The molecule has 1 saturated carbocycles. The average molecular weight is 450 g/mol. The number of benzene rings is 2. The number of amides is 3. The number of primary amides is 2. The number of hydroxylamine groups is 1. The van der Waals surface area contributed by atoms with Crippen molar-refractivity contribution in [3.8, 4) is 17.2 Å².